The molecule has 1 aliphatic heterocycles. The highest BCUT2D eigenvalue weighted by molar-refractivity contribution is 7.91. The number of rotatable bonds is 2. The van der Waals surface area contributed by atoms with E-state index in [4.69, 9.17) is 14.6 Å². The van der Waals surface area contributed by atoms with Gasteiger partial charge in [0.2, 0.25) is 15.8 Å². The highest BCUT2D eigenvalue weighted by Crippen LogP contribution is 2.34. The number of thiazole rings is 1. The van der Waals surface area contributed by atoms with Crippen molar-refractivity contribution in [3.63, 3.8) is 0 Å². The van der Waals surface area contributed by atoms with Crippen molar-refractivity contribution in [2.75, 3.05) is 13.2 Å². The molecule has 15 heavy (non-hydrogen) atoms. The molecule has 1 aromatic heterocycles. The van der Waals surface area contributed by atoms with Crippen LogP contribution in [0.4, 0.5) is 0 Å². The fraction of sp³-hybridized carbons (Fsp3) is 0.571. The zero-order valence-corrected chi connectivity index (χ0v) is 9.60. The van der Waals surface area contributed by atoms with Crippen molar-refractivity contribution in [1.82, 2.24) is 4.98 Å². The van der Waals surface area contributed by atoms with E-state index in [0.29, 0.717) is 18.2 Å². The number of primary sulfonamides is 1. The van der Waals surface area contributed by atoms with E-state index >= 15 is 0 Å². The average Bonchev–Trinajstić information content (AvgIpc) is 2.69. The molecule has 0 aromatic carbocycles. The second-order valence-electron chi connectivity index (χ2n) is 3.17. The first-order valence-corrected chi connectivity index (χ1v) is 6.55. The molecule has 2 heterocycles. The van der Waals surface area contributed by atoms with Crippen LogP contribution in [-0.2, 0) is 25.3 Å². The van der Waals surface area contributed by atoms with Crippen LogP contribution in [0.2, 0.25) is 0 Å². The predicted molar refractivity (Wildman–Crippen MR) is 52.7 cm³/mol. The molecule has 8 heteroatoms. The highest BCUT2D eigenvalue weighted by atomic mass is 32.2. The summed E-state index contributed by atoms with van der Waals surface area (Å²) in [6, 6.07) is 0. The Morgan fingerprint density at radius 1 is 1.53 bits per heavy atom. The zero-order valence-electron chi connectivity index (χ0n) is 7.97. The molecule has 0 radical (unpaired) electrons. The van der Waals surface area contributed by atoms with Crippen molar-refractivity contribution >= 4 is 21.4 Å². The van der Waals surface area contributed by atoms with Crippen LogP contribution >= 0.6 is 11.3 Å². The molecule has 0 aliphatic carbocycles. The van der Waals surface area contributed by atoms with Gasteiger partial charge in [-0.1, -0.05) is 0 Å². The fourth-order valence-electron chi connectivity index (χ4n) is 1.24. The summed E-state index contributed by atoms with van der Waals surface area (Å²) in [5.74, 6) is -0.937. The lowest BCUT2D eigenvalue weighted by molar-refractivity contribution is -0.149. The van der Waals surface area contributed by atoms with Crippen LogP contribution in [0.25, 0.3) is 0 Å². The molecule has 1 aromatic rings. The topological polar surface area (TPSA) is 91.5 Å². The first kappa shape index (κ1) is 11.0. The summed E-state index contributed by atoms with van der Waals surface area (Å²) in [6.45, 7) is 2.65. The lowest BCUT2D eigenvalue weighted by Gasteiger charge is -2.18. The van der Waals surface area contributed by atoms with Gasteiger partial charge in [0.05, 0.1) is 19.4 Å². The molecular formula is C7H10N2O4S2. The highest BCUT2D eigenvalue weighted by Gasteiger charge is 2.37. The standard InChI is InChI=1S/C7H10N2O4S2/c1-7(12-2-3-13-7)6-9-4-5(14-6)15(8,10)11/h4H,2-3H2,1H3,(H2,8,10,11). The Hall–Kier alpha value is -0.540. The van der Waals surface area contributed by atoms with E-state index in [1.54, 1.807) is 6.92 Å². The maximum atomic E-state index is 11.0. The number of hydrogen-bond acceptors (Lipinski definition) is 6. The van der Waals surface area contributed by atoms with Gasteiger partial charge in [-0.05, 0) is 6.92 Å². The van der Waals surface area contributed by atoms with Gasteiger partial charge < -0.3 is 9.47 Å². The second-order valence-corrected chi connectivity index (χ2v) is 5.99. The number of nitrogens with two attached hydrogens (primary N) is 1. The molecule has 1 fully saturated rings. The zero-order chi connectivity index (χ0) is 11.1. The summed E-state index contributed by atoms with van der Waals surface area (Å²) in [4.78, 5) is 3.95. The third kappa shape index (κ3) is 2.04. The quantitative estimate of drug-likeness (QED) is 0.798. The van der Waals surface area contributed by atoms with Gasteiger partial charge in [-0.25, -0.2) is 18.5 Å². The lowest BCUT2D eigenvalue weighted by Crippen LogP contribution is -2.21. The minimum atomic E-state index is -3.69. The molecule has 0 amide bonds. The summed E-state index contributed by atoms with van der Waals surface area (Å²) < 4.78 is 32.8. The first-order valence-electron chi connectivity index (χ1n) is 4.19. The van der Waals surface area contributed by atoms with E-state index in [1.165, 1.54) is 6.20 Å². The smallest absolute Gasteiger partial charge is 0.249 e. The summed E-state index contributed by atoms with van der Waals surface area (Å²) in [5.41, 5.74) is 0. The molecule has 6 nitrogen and oxygen atoms in total. The Bertz CT molecular complexity index is 461. The van der Waals surface area contributed by atoms with Crippen molar-refractivity contribution < 1.29 is 17.9 Å². The lowest BCUT2D eigenvalue weighted by atomic mass is 10.3. The van der Waals surface area contributed by atoms with Gasteiger partial charge in [-0.3, -0.25) is 0 Å². The van der Waals surface area contributed by atoms with Crippen LogP contribution in [0.15, 0.2) is 10.4 Å². The number of aromatic nitrogens is 1. The SMILES string of the molecule is CC1(c2ncc(S(N)(=O)=O)s2)OCCO1. The predicted octanol–water partition coefficient (Wildman–Crippen LogP) is 0.0100. The van der Waals surface area contributed by atoms with Crippen LogP contribution in [-0.4, -0.2) is 26.6 Å². The van der Waals surface area contributed by atoms with E-state index in [-0.39, 0.29) is 4.21 Å². The molecule has 2 N–H and O–H groups in total. The first-order chi connectivity index (χ1) is 6.92. The third-order valence-corrected chi connectivity index (χ3v) is 4.58. The number of nitrogens with zero attached hydrogens (tertiary/aromatic N) is 1. The average molecular weight is 250 g/mol. The third-order valence-electron chi connectivity index (χ3n) is 1.99. The van der Waals surface area contributed by atoms with Crippen LogP contribution in [0.5, 0.6) is 0 Å². The minimum Gasteiger partial charge on any atom is -0.342 e. The van der Waals surface area contributed by atoms with Crippen molar-refractivity contribution in [2.45, 2.75) is 16.9 Å². The summed E-state index contributed by atoms with van der Waals surface area (Å²) >= 11 is 0.962. The van der Waals surface area contributed by atoms with E-state index < -0.39 is 15.8 Å². The Morgan fingerprint density at radius 2 is 2.13 bits per heavy atom. The molecule has 1 saturated heterocycles. The molecule has 0 unspecified atom stereocenters. The van der Waals surface area contributed by atoms with Gasteiger partial charge in [0.25, 0.3) is 0 Å². The maximum Gasteiger partial charge on any atom is 0.249 e. The van der Waals surface area contributed by atoms with Crippen molar-refractivity contribution in [3.05, 3.63) is 11.2 Å². The number of ether oxygens (including phenoxy) is 2. The van der Waals surface area contributed by atoms with Crippen molar-refractivity contribution in [3.8, 4) is 0 Å². The van der Waals surface area contributed by atoms with Crippen LogP contribution in [0, 0.1) is 0 Å². The monoisotopic (exact) mass is 250 g/mol. The summed E-state index contributed by atoms with van der Waals surface area (Å²) in [6.07, 6.45) is 1.21. The van der Waals surface area contributed by atoms with E-state index in [0.717, 1.165) is 11.3 Å². The van der Waals surface area contributed by atoms with Gasteiger partial charge in [-0.15, -0.1) is 11.3 Å². The molecule has 1 aliphatic rings. The number of hydrogen-bond donors (Lipinski definition) is 1. The molecular weight excluding hydrogens is 240 g/mol. The largest absolute Gasteiger partial charge is 0.342 e. The van der Waals surface area contributed by atoms with Gasteiger partial charge in [0.1, 0.15) is 0 Å². The van der Waals surface area contributed by atoms with Gasteiger partial charge in [-0.2, -0.15) is 0 Å². The molecule has 0 atom stereocenters. The maximum absolute atomic E-state index is 11.0. The number of sulfonamides is 1. The van der Waals surface area contributed by atoms with E-state index in [1.807, 2.05) is 0 Å². The molecule has 0 bridgehead atoms. The summed E-state index contributed by atoms with van der Waals surface area (Å²) in [7, 11) is -3.69. The van der Waals surface area contributed by atoms with Crippen LogP contribution in [0.3, 0.4) is 0 Å². The van der Waals surface area contributed by atoms with E-state index in [9.17, 15) is 8.42 Å². The van der Waals surface area contributed by atoms with Gasteiger partial charge in [0.15, 0.2) is 9.22 Å². The Labute approximate surface area is 91.1 Å². The second kappa shape index (κ2) is 3.49. The Balaban J connectivity index is 2.35. The van der Waals surface area contributed by atoms with Crippen molar-refractivity contribution in [2.24, 2.45) is 5.14 Å². The van der Waals surface area contributed by atoms with E-state index in [2.05, 4.69) is 4.98 Å². The van der Waals surface area contributed by atoms with Gasteiger partial charge in [0, 0.05) is 0 Å². The molecule has 2 rings (SSSR count). The Kier molecular flexibility index (Phi) is 2.55. The van der Waals surface area contributed by atoms with Crippen LogP contribution in [0.1, 0.15) is 11.9 Å². The molecule has 0 spiro atoms. The molecule has 0 saturated carbocycles. The van der Waals surface area contributed by atoms with Gasteiger partial charge >= 0.3 is 0 Å². The van der Waals surface area contributed by atoms with Crippen molar-refractivity contribution in [1.29, 1.82) is 0 Å². The Morgan fingerprint density at radius 3 is 2.60 bits per heavy atom. The fourth-order valence-corrected chi connectivity index (χ4v) is 2.84. The normalized spacial score (nSPS) is 20.7. The van der Waals surface area contributed by atoms with Crippen LogP contribution < -0.4 is 5.14 Å². The summed E-state index contributed by atoms with van der Waals surface area (Å²) in [5, 5.41) is 5.43. The molecule has 84 valence electrons. The minimum absolute atomic E-state index is 0.0119.